The number of halogens is 2. The van der Waals surface area contributed by atoms with E-state index in [1.807, 2.05) is 32.0 Å². The Morgan fingerprint density at radius 3 is 2.78 bits per heavy atom. The second-order valence-corrected chi connectivity index (χ2v) is 7.97. The van der Waals surface area contributed by atoms with Crippen molar-refractivity contribution >= 4 is 16.7 Å². The van der Waals surface area contributed by atoms with Crippen molar-refractivity contribution < 1.29 is 13.5 Å². The molecule has 2 aliphatic rings. The fourth-order valence-electron chi connectivity index (χ4n) is 4.12. The van der Waals surface area contributed by atoms with Crippen LogP contribution in [0.4, 0.5) is 14.5 Å². The van der Waals surface area contributed by atoms with Gasteiger partial charge in [0.1, 0.15) is 5.82 Å². The summed E-state index contributed by atoms with van der Waals surface area (Å²) in [4.78, 5) is 4.84. The molecule has 1 fully saturated rings. The van der Waals surface area contributed by atoms with E-state index in [9.17, 15) is 8.78 Å². The van der Waals surface area contributed by atoms with Gasteiger partial charge in [0.25, 0.3) is 0 Å². The van der Waals surface area contributed by atoms with Gasteiger partial charge in [-0.15, -0.1) is 0 Å². The van der Waals surface area contributed by atoms with Crippen molar-refractivity contribution in [1.29, 1.82) is 0 Å². The molecule has 0 bridgehead atoms. The molecule has 2 heterocycles. The first-order valence-electron chi connectivity index (χ1n) is 9.31. The number of hydrogen-bond donors (Lipinski definition) is 1. The van der Waals surface area contributed by atoms with Gasteiger partial charge in [-0.1, -0.05) is 6.92 Å². The molecule has 1 aromatic heterocycles. The number of rotatable bonds is 3. The Balaban J connectivity index is 1.69. The predicted molar refractivity (Wildman–Crippen MR) is 99.6 cm³/mol. The summed E-state index contributed by atoms with van der Waals surface area (Å²) in [7, 11) is 0. The monoisotopic (exact) mass is 369 g/mol. The van der Waals surface area contributed by atoms with Gasteiger partial charge in [-0.3, -0.25) is 0 Å². The number of anilines is 1. The third-order valence-electron chi connectivity index (χ3n) is 6.00. The average Bonchev–Trinajstić information content (AvgIpc) is 3.31. The minimum atomic E-state index is -0.889. The van der Waals surface area contributed by atoms with Crippen LogP contribution in [0.5, 0.6) is 5.75 Å². The van der Waals surface area contributed by atoms with Gasteiger partial charge in [0.2, 0.25) is 0 Å². The molecule has 0 spiro atoms. The summed E-state index contributed by atoms with van der Waals surface area (Å²) >= 11 is 0. The van der Waals surface area contributed by atoms with Gasteiger partial charge in [-0.25, -0.2) is 13.8 Å². The first-order valence-corrected chi connectivity index (χ1v) is 9.31. The van der Waals surface area contributed by atoms with E-state index in [0.29, 0.717) is 17.2 Å². The number of benzene rings is 2. The third kappa shape index (κ3) is 2.42. The van der Waals surface area contributed by atoms with Crippen molar-refractivity contribution in [3.8, 4) is 5.75 Å². The fraction of sp³-hybridized carbons (Fsp3) is 0.381. The van der Waals surface area contributed by atoms with E-state index in [2.05, 4.69) is 4.57 Å². The van der Waals surface area contributed by atoms with Crippen LogP contribution in [0, 0.1) is 17.6 Å². The Morgan fingerprint density at radius 1 is 1.26 bits per heavy atom. The third-order valence-corrected chi connectivity index (χ3v) is 6.00. The van der Waals surface area contributed by atoms with Crippen molar-refractivity contribution in [2.45, 2.75) is 44.8 Å². The molecule has 4 nitrogen and oxygen atoms in total. The highest BCUT2D eigenvalue weighted by molar-refractivity contribution is 5.80. The molecule has 2 atom stereocenters. The minimum absolute atomic E-state index is 0.121. The fourth-order valence-corrected chi connectivity index (χ4v) is 4.12. The Bertz CT molecular complexity index is 1070. The van der Waals surface area contributed by atoms with Gasteiger partial charge < -0.3 is 15.0 Å². The largest absolute Gasteiger partial charge is 0.476 e. The summed E-state index contributed by atoms with van der Waals surface area (Å²) < 4.78 is 36.4. The molecule has 0 radical (unpaired) electrons. The van der Waals surface area contributed by atoms with Crippen LogP contribution in [0.2, 0.25) is 0 Å². The number of ether oxygens (including phenoxy) is 1. The number of imidazole rings is 1. The van der Waals surface area contributed by atoms with Gasteiger partial charge in [-0.2, -0.15) is 0 Å². The van der Waals surface area contributed by atoms with Gasteiger partial charge >= 0.3 is 0 Å². The minimum Gasteiger partial charge on any atom is -0.476 e. The predicted octanol–water partition coefficient (Wildman–Crippen LogP) is 4.72. The Hall–Kier alpha value is -2.63. The summed E-state index contributed by atoms with van der Waals surface area (Å²) in [5, 5.41) is 0. The molecule has 0 saturated heterocycles. The Kier molecular flexibility index (Phi) is 3.33. The molecule has 1 aliphatic heterocycles. The zero-order valence-corrected chi connectivity index (χ0v) is 15.3. The number of nitrogens with zero attached hydrogens (tertiary/aromatic N) is 2. The Labute approximate surface area is 156 Å². The normalized spacial score (nSPS) is 24.2. The van der Waals surface area contributed by atoms with Crippen molar-refractivity contribution in [1.82, 2.24) is 9.55 Å². The highest BCUT2D eigenvalue weighted by atomic mass is 19.1. The smallest absolute Gasteiger partial charge is 0.170 e. The van der Waals surface area contributed by atoms with E-state index >= 15 is 0 Å². The average molecular weight is 369 g/mol. The van der Waals surface area contributed by atoms with Crippen LogP contribution in [-0.4, -0.2) is 9.55 Å². The molecular formula is C21H21F2N3O. The number of nitrogens with two attached hydrogens (primary N) is 1. The number of aromatic nitrogens is 2. The van der Waals surface area contributed by atoms with Gasteiger partial charge in [-0.05, 0) is 49.9 Å². The van der Waals surface area contributed by atoms with Crippen LogP contribution in [-0.2, 0) is 12.1 Å². The maximum atomic E-state index is 14.4. The van der Waals surface area contributed by atoms with Crippen molar-refractivity contribution in [2.24, 2.45) is 5.92 Å². The maximum Gasteiger partial charge on any atom is 0.170 e. The van der Waals surface area contributed by atoms with Crippen LogP contribution < -0.4 is 10.5 Å². The van der Waals surface area contributed by atoms with Gasteiger partial charge in [0.05, 0.1) is 11.0 Å². The molecule has 2 unspecified atom stereocenters. The molecule has 0 amide bonds. The number of fused-ring (bicyclic) bond motifs is 2. The summed E-state index contributed by atoms with van der Waals surface area (Å²) in [6, 6.07) is 7.91. The quantitative estimate of drug-likeness (QED) is 0.680. The van der Waals surface area contributed by atoms with Crippen molar-refractivity contribution in [3.05, 3.63) is 53.4 Å². The molecule has 140 valence electrons. The van der Waals surface area contributed by atoms with Crippen LogP contribution >= 0.6 is 0 Å². The number of nitrogen functional groups attached to an aromatic ring is 1. The molecule has 6 heteroatoms. The first-order chi connectivity index (χ1) is 12.9. The van der Waals surface area contributed by atoms with E-state index in [1.165, 1.54) is 18.9 Å². The summed E-state index contributed by atoms with van der Waals surface area (Å²) in [6.45, 7) is 4.68. The lowest BCUT2D eigenvalue weighted by Crippen LogP contribution is -2.34. The van der Waals surface area contributed by atoms with Crippen LogP contribution in [0.15, 0.2) is 30.3 Å². The van der Waals surface area contributed by atoms with Crippen LogP contribution in [0.1, 0.15) is 44.0 Å². The zero-order chi connectivity index (χ0) is 18.9. The van der Waals surface area contributed by atoms with Crippen molar-refractivity contribution in [3.63, 3.8) is 0 Å². The van der Waals surface area contributed by atoms with E-state index < -0.39 is 17.2 Å². The van der Waals surface area contributed by atoms with Crippen LogP contribution in [0.25, 0.3) is 11.0 Å². The molecule has 27 heavy (non-hydrogen) atoms. The van der Waals surface area contributed by atoms with E-state index in [4.69, 9.17) is 15.5 Å². The lowest BCUT2D eigenvalue weighted by Gasteiger charge is -2.29. The summed E-state index contributed by atoms with van der Waals surface area (Å²) in [6.07, 6.45) is 2.39. The first kappa shape index (κ1) is 16.5. The van der Waals surface area contributed by atoms with E-state index in [-0.39, 0.29) is 11.7 Å². The molecule has 1 aliphatic carbocycles. The lowest BCUT2D eigenvalue weighted by atomic mass is 9.86. The molecule has 1 saturated carbocycles. The number of hydrogen-bond acceptors (Lipinski definition) is 3. The molecule has 2 aromatic carbocycles. The van der Waals surface area contributed by atoms with E-state index in [1.54, 1.807) is 0 Å². The topological polar surface area (TPSA) is 53.1 Å². The maximum absolute atomic E-state index is 14.4. The van der Waals surface area contributed by atoms with Crippen LogP contribution in [0.3, 0.4) is 0 Å². The Morgan fingerprint density at radius 2 is 2.04 bits per heavy atom. The zero-order valence-electron chi connectivity index (χ0n) is 15.3. The molecule has 2 N–H and O–H groups in total. The second-order valence-electron chi connectivity index (χ2n) is 7.97. The molecule has 3 aromatic rings. The molecule has 5 rings (SSSR count). The van der Waals surface area contributed by atoms with E-state index in [0.717, 1.165) is 29.5 Å². The van der Waals surface area contributed by atoms with Gasteiger partial charge in [0.15, 0.2) is 23.0 Å². The second kappa shape index (κ2) is 5.44. The van der Waals surface area contributed by atoms with Crippen molar-refractivity contribution in [2.75, 3.05) is 5.73 Å². The summed E-state index contributed by atoms with van der Waals surface area (Å²) in [5.41, 5.74) is 8.03. The lowest BCUT2D eigenvalue weighted by molar-refractivity contribution is 0.0744. The highest BCUT2D eigenvalue weighted by Crippen LogP contribution is 2.51. The summed E-state index contributed by atoms with van der Waals surface area (Å²) in [5.74, 6) is -0.0327. The SMILES string of the molecule is CC1c2cc(F)cc(F)c2OC1(C)c1nc2cc(N)ccc2n1CC1CC1. The standard InChI is InChI=1S/C21H21F2N3O/c1-11-15-7-13(22)8-16(23)19(15)27-21(11,2)20-25-17-9-14(24)5-6-18(17)26(20)10-12-3-4-12/h5-9,11-12H,3-4,10,24H2,1-2H3. The highest BCUT2D eigenvalue weighted by Gasteiger charge is 2.48. The molecular weight excluding hydrogens is 348 g/mol. The van der Waals surface area contributed by atoms with Gasteiger partial charge in [0, 0.05) is 29.8 Å².